The van der Waals surface area contributed by atoms with Crippen LogP contribution in [0.4, 0.5) is 4.79 Å². The minimum atomic E-state index is -0.487. The molecule has 1 amide bonds. The molecule has 124 valence electrons. The Labute approximate surface area is 140 Å². The molecule has 1 aromatic heterocycles. The summed E-state index contributed by atoms with van der Waals surface area (Å²) in [6, 6.07) is 2.03. The number of carbonyl (C=O) groups is 1. The molecule has 2 heterocycles. The smallest absolute Gasteiger partial charge is 0.410 e. The van der Waals surface area contributed by atoms with Gasteiger partial charge in [-0.2, -0.15) is 0 Å². The van der Waals surface area contributed by atoms with Crippen molar-refractivity contribution >= 4 is 29.0 Å². The molecule has 2 atom stereocenters. The van der Waals surface area contributed by atoms with Gasteiger partial charge >= 0.3 is 6.09 Å². The topological polar surface area (TPSA) is 50.8 Å². The van der Waals surface area contributed by atoms with Gasteiger partial charge in [0.2, 0.25) is 0 Å². The van der Waals surface area contributed by atoms with Gasteiger partial charge in [0.05, 0.1) is 23.7 Å². The van der Waals surface area contributed by atoms with Gasteiger partial charge in [0, 0.05) is 30.5 Å². The van der Waals surface area contributed by atoms with E-state index < -0.39 is 5.60 Å². The van der Waals surface area contributed by atoms with Crippen LogP contribution < -0.4 is 5.32 Å². The molecule has 0 bridgehead atoms. The zero-order valence-corrected chi connectivity index (χ0v) is 15.0. The van der Waals surface area contributed by atoms with Gasteiger partial charge in [0.25, 0.3) is 0 Å². The summed E-state index contributed by atoms with van der Waals surface area (Å²) in [5.74, 6) is 0. The van der Waals surface area contributed by atoms with Crippen LogP contribution in [0, 0.1) is 0 Å². The van der Waals surface area contributed by atoms with E-state index in [1.54, 1.807) is 23.3 Å². The van der Waals surface area contributed by atoms with E-state index in [0.717, 1.165) is 9.90 Å². The highest BCUT2D eigenvalue weighted by atomic mass is 35.5. The third-order valence-corrected chi connectivity index (χ3v) is 4.67. The maximum Gasteiger partial charge on any atom is 0.410 e. The van der Waals surface area contributed by atoms with Crippen LogP contribution in [0.1, 0.15) is 25.6 Å². The summed E-state index contributed by atoms with van der Waals surface area (Å²) >= 11 is 7.54. The summed E-state index contributed by atoms with van der Waals surface area (Å²) in [6.45, 7) is 7.42. The summed E-state index contributed by atoms with van der Waals surface area (Å²) < 4.78 is 10.9. The molecule has 1 aromatic rings. The van der Waals surface area contributed by atoms with Crippen molar-refractivity contribution in [2.45, 2.75) is 45.1 Å². The fourth-order valence-corrected chi connectivity index (χ4v) is 3.39. The number of amides is 1. The fraction of sp³-hybridized carbons (Fsp3) is 0.667. The lowest BCUT2D eigenvalue weighted by atomic mass is 10.2. The third-order valence-electron chi connectivity index (χ3n) is 3.38. The number of nitrogens with one attached hydrogen (secondary N) is 1. The van der Waals surface area contributed by atoms with Crippen molar-refractivity contribution in [1.82, 2.24) is 10.2 Å². The molecule has 0 spiro atoms. The van der Waals surface area contributed by atoms with Gasteiger partial charge in [0.1, 0.15) is 5.60 Å². The number of rotatable bonds is 4. The number of carbonyl (C=O) groups excluding carboxylic acids is 1. The van der Waals surface area contributed by atoms with Crippen molar-refractivity contribution in [2.24, 2.45) is 0 Å². The molecular weight excluding hydrogens is 324 g/mol. The van der Waals surface area contributed by atoms with E-state index in [4.69, 9.17) is 21.1 Å². The van der Waals surface area contributed by atoms with Crippen molar-refractivity contribution in [3.63, 3.8) is 0 Å². The number of ether oxygens (including phenoxy) is 2. The second kappa shape index (κ2) is 7.17. The number of likely N-dealkylation sites (tertiary alicyclic amines) is 1. The largest absolute Gasteiger partial charge is 0.444 e. The predicted molar refractivity (Wildman–Crippen MR) is 88.6 cm³/mol. The molecule has 2 rings (SSSR count). The van der Waals surface area contributed by atoms with E-state index in [1.165, 1.54) is 0 Å². The first-order chi connectivity index (χ1) is 10.3. The van der Waals surface area contributed by atoms with Crippen LogP contribution in [-0.4, -0.2) is 48.9 Å². The Morgan fingerprint density at radius 3 is 2.77 bits per heavy atom. The average molecular weight is 347 g/mol. The first-order valence-corrected chi connectivity index (χ1v) is 8.51. The summed E-state index contributed by atoms with van der Waals surface area (Å²) in [7, 11) is 1.67. The Morgan fingerprint density at radius 1 is 1.50 bits per heavy atom. The highest BCUT2D eigenvalue weighted by Crippen LogP contribution is 2.21. The lowest BCUT2D eigenvalue weighted by Crippen LogP contribution is -2.40. The zero-order chi connectivity index (χ0) is 16.3. The first-order valence-electron chi connectivity index (χ1n) is 7.25. The SMILES string of the molecule is CO[C@H]1CN(C(=O)OC(C)(C)C)CC1NCc1cc(Cl)cs1. The summed E-state index contributed by atoms with van der Waals surface area (Å²) in [6.07, 6.45) is -0.332. The van der Waals surface area contributed by atoms with Crippen molar-refractivity contribution in [2.75, 3.05) is 20.2 Å². The van der Waals surface area contributed by atoms with Crippen LogP contribution in [0.25, 0.3) is 0 Å². The number of nitrogens with zero attached hydrogens (tertiary/aromatic N) is 1. The monoisotopic (exact) mass is 346 g/mol. The molecule has 1 N–H and O–H groups in total. The van der Waals surface area contributed by atoms with Crippen LogP contribution in [0.3, 0.4) is 0 Å². The van der Waals surface area contributed by atoms with Crippen LogP contribution in [0.5, 0.6) is 0 Å². The standard InChI is InChI=1S/C15H23ClN2O3S/c1-15(2,3)21-14(19)18-7-12(13(8-18)20-4)17-6-11-5-10(16)9-22-11/h5,9,12-13,17H,6-8H2,1-4H3/t12?,13-/m0/s1. The van der Waals surface area contributed by atoms with Gasteiger partial charge in [-0.15, -0.1) is 11.3 Å². The van der Waals surface area contributed by atoms with Crippen molar-refractivity contribution in [1.29, 1.82) is 0 Å². The molecule has 0 aromatic carbocycles. The lowest BCUT2D eigenvalue weighted by molar-refractivity contribution is 0.0252. The Kier molecular flexibility index (Phi) is 5.71. The van der Waals surface area contributed by atoms with Crippen LogP contribution in [-0.2, 0) is 16.0 Å². The number of methoxy groups -OCH3 is 1. The maximum absolute atomic E-state index is 12.2. The summed E-state index contributed by atoms with van der Waals surface area (Å²) in [4.78, 5) is 15.0. The molecule has 1 fully saturated rings. The number of hydrogen-bond acceptors (Lipinski definition) is 5. The van der Waals surface area contributed by atoms with E-state index in [-0.39, 0.29) is 18.2 Å². The predicted octanol–water partition coefficient (Wildman–Crippen LogP) is 3.13. The molecule has 1 aliphatic heterocycles. The van der Waals surface area contributed by atoms with E-state index in [9.17, 15) is 4.79 Å². The molecule has 0 radical (unpaired) electrons. The molecule has 1 unspecified atom stereocenters. The normalized spacial score (nSPS) is 22.1. The average Bonchev–Trinajstić information content (AvgIpc) is 3.00. The molecule has 1 aliphatic rings. The number of hydrogen-bond donors (Lipinski definition) is 1. The summed E-state index contributed by atoms with van der Waals surface area (Å²) in [5.41, 5.74) is -0.487. The van der Waals surface area contributed by atoms with E-state index in [1.807, 2.05) is 32.2 Å². The van der Waals surface area contributed by atoms with Crippen LogP contribution in [0.15, 0.2) is 11.4 Å². The second-order valence-electron chi connectivity index (χ2n) is 6.38. The van der Waals surface area contributed by atoms with Crippen molar-refractivity contribution in [3.05, 3.63) is 21.3 Å². The highest BCUT2D eigenvalue weighted by Gasteiger charge is 2.37. The Bertz CT molecular complexity index is 515. The highest BCUT2D eigenvalue weighted by molar-refractivity contribution is 7.10. The van der Waals surface area contributed by atoms with Crippen LogP contribution in [0.2, 0.25) is 5.02 Å². The van der Waals surface area contributed by atoms with Gasteiger partial charge in [-0.05, 0) is 26.8 Å². The second-order valence-corrected chi connectivity index (χ2v) is 7.81. The molecule has 1 saturated heterocycles. The Balaban J connectivity index is 1.90. The fourth-order valence-electron chi connectivity index (χ4n) is 2.36. The Hall–Kier alpha value is -0.820. The molecule has 0 aliphatic carbocycles. The van der Waals surface area contributed by atoms with Gasteiger partial charge in [-0.1, -0.05) is 11.6 Å². The van der Waals surface area contributed by atoms with Crippen molar-refractivity contribution < 1.29 is 14.3 Å². The quantitative estimate of drug-likeness (QED) is 0.910. The number of thiophene rings is 1. The molecule has 7 heteroatoms. The molecular formula is C15H23ClN2O3S. The van der Waals surface area contributed by atoms with E-state index >= 15 is 0 Å². The van der Waals surface area contributed by atoms with Crippen LogP contribution >= 0.6 is 22.9 Å². The van der Waals surface area contributed by atoms with E-state index in [2.05, 4.69) is 5.32 Å². The molecule has 22 heavy (non-hydrogen) atoms. The van der Waals surface area contributed by atoms with E-state index in [0.29, 0.717) is 19.6 Å². The Morgan fingerprint density at radius 2 is 2.23 bits per heavy atom. The van der Waals surface area contributed by atoms with Gasteiger partial charge in [0.15, 0.2) is 0 Å². The first kappa shape index (κ1) is 17.5. The minimum absolute atomic E-state index is 0.0389. The lowest BCUT2D eigenvalue weighted by Gasteiger charge is -2.24. The van der Waals surface area contributed by atoms with Gasteiger partial charge < -0.3 is 19.7 Å². The van der Waals surface area contributed by atoms with Crippen molar-refractivity contribution in [3.8, 4) is 0 Å². The summed E-state index contributed by atoms with van der Waals surface area (Å²) in [5, 5.41) is 6.10. The maximum atomic E-state index is 12.2. The minimum Gasteiger partial charge on any atom is -0.444 e. The van der Waals surface area contributed by atoms with Gasteiger partial charge in [-0.3, -0.25) is 0 Å². The molecule has 0 saturated carbocycles. The number of halogens is 1. The van der Waals surface area contributed by atoms with Gasteiger partial charge in [-0.25, -0.2) is 4.79 Å². The zero-order valence-electron chi connectivity index (χ0n) is 13.4. The third kappa shape index (κ3) is 4.84. The molecule has 5 nitrogen and oxygen atoms in total.